The van der Waals surface area contributed by atoms with Gasteiger partial charge in [-0.3, -0.25) is 9.89 Å². The van der Waals surface area contributed by atoms with Crippen LogP contribution in [0.15, 0.2) is 6.07 Å². The van der Waals surface area contributed by atoms with Gasteiger partial charge < -0.3 is 10.6 Å². The smallest absolute Gasteiger partial charge is 0.271 e. The summed E-state index contributed by atoms with van der Waals surface area (Å²) >= 11 is 0. The summed E-state index contributed by atoms with van der Waals surface area (Å²) in [6, 6.07) is 2.05. The van der Waals surface area contributed by atoms with E-state index in [1.165, 1.54) is 32.1 Å². The van der Waals surface area contributed by atoms with Crippen molar-refractivity contribution in [3.8, 4) is 0 Å². The standard InChI is InChI=1S/C15H22N4O/c1-19(15(20)12-7-13(16)18-17-12)14-10-3-8-2-9(5-10)6-11(14)4-8/h7-11,14H,2-6H2,1H3,(H3,16,17,18). The Morgan fingerprint density at radius 2 is 1.85 bits per heavy atom. The second kappa shape index (κ2) is 4.24. The molecule has 1 heterocycles. The van der Waals surface area contributed by atoms with Crippen molar-refractivity contribution in [3.05, 3.63) is 11.8 Å². The first-order valence-electron chi connectivity index (χ1n) is 7.70. The van der Waals surface area contributed by atoms with Crippen molar-refractivity contribution in [1.82, 2.24) is 15.1 Å². The first kappa shape index (κ1) is 12.2. The minimum Gasteiger partial charge on any atom is -0.382 e. The molecule has 0 spiro atoms. The van der Waals surface area contributed by atoms with Crippen molar-refractivity contribution in [2.24, 2.45) is 23.7 Å². The highest BCUT2D eigenvalue weighted by molar-refractivity contribution is 5.93. The predicted molar refractivity (Wildman–Crippen MR) is 75.9 cm³/mol. The van der Waals surface area contributed by atoms with E-state index >= 15 is 0 Å². The molecule has 5 rings (SSSR count). The Morgan fingerprint density at radius 3 is 2.35 bits per heavy atom. The molecule has 4 aliphatic carbocycles. The van der Waals surface area contributed by atoms with Crippen LogP contribution in [0.2, 0.25) is 0 Å². The fourth-order valence-corrected chi connectivity index (χ4v) is 5.30. The SMILES string of the molecule is CN(C(=O)c1cc(N)n[nH]1)C1C2CC3CC(C2)CC1C3. The van der Waals surface area contributed by atoms with E-state index in [0.29, 0.717) is 29.4 Å². The Hall–Kier alpha value is -1.52. The molecular formula is C15H22N4O. The second-order valence-corrected chi connectivity index (χ2v) is 7.04. The van der Waals surface area contributed by atoms with Gasteiger partial charge in [-0.05, 0) is 55.8 Å². The van der Waals surface area contributed by atoms with Gasteiger partial charge in [-0.15, -0.1) is 0 Å². The first-order chi connectivity index (χ1) is 9.61. The summed E-state index contributed by atoms with van der Waals surface area (Å²) in [6.45, 7) is 0. The van der Waals surface area contributed by atoms with E-state index in [-0.39, 0.29) is 5.91 Å². The van der Waals surface area contributed by atoms with E-state index in [4.69, 9.17) is 5.73 Å². The van der Waals surface area contributed by atoms with Crippen LogP contribution in [0.3, 0.4) is 0 Å². The molecule has 0 saturated heterocycles. The molecule has 4 saturated carbocycles. The number of nitrogens with one attached hydrogen (secondary N) is 1. The van der Waals surface area contributed by atoms with Gasteiger partial charge in [-0.1, -0.05) is 0 Å². The molecule has 20 heavy (non-hydrogen) atoms. The Bertz CT molecular complexity index is 510. The van der Waals surface area contributed by atoms with Crippen LogP contribution < -0.4 is 5.73 Å². The number of aromatic nitrogens is 2. The molecule has 0 radical (unpaired) electrons. The average molecular weight is 274 g/mol. The molecule has 3 N–H and O–H groups in total. The highest BCUT2D eigenvalue weighted by Gasteiger charge is 2.50. The highest BCUT2D eigenvalue weighted by Crippen LogP contribution is 2.55. The maximum absolute atomic E-state index is 12.6. The Kier molecular flexibility index (Phi) is 2.59. The highest BCUT2D eigenvalue weighted by atomic mass is 16.2. The van der Waals surface area contributed by atoms with Crippen molar-refractivity contribution in [1.29, 1.82) is 0 Å². The number of nitrogens with zero attached hydrogens (tertiary/aromatic N) is 2. The molecule has 5 nitrogen and oxygen atoms in total. The molecule has 4 aliphatic rings. The van der Waals surface area contributed by atoms with Crippen LogP contribution >= 0.6 is 0 Å². The summed E-state index contributed by atoms with van der Waals surface area (Å²) in [5, 5.41) is 6.60. The van der Waals surface area contributed by atoms with Gasteiger partial charge in [-0.25, -0.2) is 0 Å². The van der Waals surface area contributed by atoms with Gasteiger partial charge in [-0.2, -0.15) is 5.10 Å². The van der Waals surface area contributed by atoms with Gasteiger partial charge in [0.05, 0.1) is 0 Å². The van der Waals surface area contributed by atoms with Gasteiger partial charge >= 0.3 is 0 Å². The summed E-state index contributed by atoms with van der Waals surface area (Å²) in [5.41, 5.74) is 6.11. The van der Waals surface area contributed by atoms with E-state index in [1.54, 1.807) is 6.07 Å². The van der Waals surface area contributed by atoms with Crippen LogP contribution in [0.25, 0.3) is 0 Å². The van der Waals surface area contributed by atoms with Crippen LogP contribution in [-0.4, -0.2) is 34.1 Å². The van der Waals surface area contributed by atoms with Crippen molar-refractivity contribution in [3.63, 3.8) is 0 Å². The summed E-state index contributed by atoms with van der Waals surface area (Å²) in [4.78, 5) is 14.5. The van der Waals surface area contributed by atoms with Crippen molar-refractivity contribution < 1.29 is 4.79 Å². The lowest BCUT2D eigenvalue weighted by molar-refractivity contribution is -0.0492. The number of hydrogen-bond donors (Lipinski definition) is 2. The third-order valence-electron chi connectivity index (χ3n) is 5.77. The van der Waals surface area contributed by atoms with E-state index in [9.17, 15) is 4.79 Å². The number of H-pyrrole nitrogens is 1. The van der Waals surface area contributed by atoms with Crippen LogP contribution in [-0.2, 0) is 0 Å². The molecule has 0 unspecified atom stereocenters. The fraction of sp³-hybridized carbons (Fsp3) is 0.733. The van der Waals surface area contributed by atoms with E-state index in [2.05, 4.69) is 10.2 Å². The lowest BCUT2D eigenvalue weighted by Crippen LogP contribution is -2.56. The van der Waals surface area contributed by atoms with Crippen LogP contribution in [0, 0.1) is 23.7 Å². The number of nitrogens with two attached hydrogens (primary N) is 1. The summed E-state index contributed by atoms with van der Waals surface area (Å²) in [5.74, 6) is 3.69. The Labute approximate surface area is 118 Å². The van der Waals surface area contributed by atoms with Gasteiger partial charge in [0.15, 0.2) is 0 Å². The minimum absolute atomic E-state index is 0.0340. The molecule has 4 fully saturated rings. The number of carbonyl (C=O) groups is 1. The predicted octanol–water partition coefficient (Wildman–Crippen LogP) is 1.89. The van der Waals surface area contributed by atoms with Gasteiger partial charge in [0, 0.05) is 19.2 Å². The van der Waals surface area contributed by atoms with Gasteiger partial charge in [0.2, 0.25) is 0 Å². The second-order valence-electron chi connectivity index (χ2n) is 7.04. The van der Waals surface area contributed by atoms with Crippen molar-refractivity contribution in [2.45, 2.75) is 38.1 Å². The molecule has 0 aliphatic heterocycles. The third kappa shape index (κ3) is 1.75. The fourth-order valence-electron chi connectivity index (χ4n) is 5.30. The number of aromatic amines is 1. The lowest BCUT2D eigenvalue weighted by Gasteiger charge is -2.56. The molecule has 4 bridgehead atoms. The zero-order chi connectivity index (χ0) is 13.9. The number of anilines is 1. The third-order valence-corrected chi connectivity index (χ3v) is 5.77. The molecule has 108 valence electrons. The maximum atomic E-state index is 12.6. The maximum Gasteiger partial charge on any atom is 0.271 e. The summed E-state index contributed by atoms with van der Waals surface area (Å²) in [6.07, 6.45) is 6.72. The van der Waals surface area contributed by atoms with E-state index < -0.39 is 0 Å². The monoisotopic (exact) mass is 274 g/mol. The molecule has 1 amide bonds. The minimum atomic E-state index is 0.0340. The number of hydrogen-bond acceptors (Lipinski definition) is 3. The molecule has 5 heteroatoms. The molecule has 1 aromatic heterocycles. The molecule has 0 aromatic carbocycles. The van der Waals surface area contributed by atoms with Crippen LogP contribution in [0.5, 0.6) is 0 Å². The quantitative estimate of drug-likeness (QED) is 0.864. The number of rotatable bonds is 2. The van der Waals surface area contributed by atoms with E-state index in [0.717, 1.165) is 11.8 Å². The summed E-state index contributed by atoms with van der Waals surface area (Å²) in [7, 11) is 1.95. The van der Waals surface area contributed by atoms with Gasteiger partial charge in [0.1, 0.15) is 11.5 Å². The van der Waals surface area contributed by atoms with Crippen LogP contribution in [0.4, 0.5) is 5.82 Å². The molecule has 1 aromatic rings. The Balaban J connectivity index is 1.56. The van der Waals surface area contributed by atoms with Gasteiger partial charge in [0.25, 0.3) is 5.91 Å². The average Bonchev–Trinajstić information content (AvgIpc) is 2.83. The zero-order valence-electron chi connectivity index (χ0n) is 11.9. The van der Waals surface area contributed by atoms with Crippen LogP contribution in [0.1, 0.15) is 42.6 Å². The first-order valence-corrected chi connectivity index (χ1v) is 7.70. The normalized spacial score (nSPS) is 38.1. The molecule has 0 atom stereocenters. The zero-order valence-corrected chi connectivity index (χ0v) is 11.9. The van der Waals surface area contributed by atoms with Crippen molar-refractivity contribution in [2.75, 3.05) is 12.8 Å². The lowest BCUT2D eigenvalue weighted by atomic mass is 9.54. The number of nitrogen functional groups attached to an aromatic ring is 1. The van der Waals surface area contributed by atoms with Crippen molar-refractivity contribution >= 4 is 11.7 Å². The Morgan fingerprint density at radius 1 is 1.25 bits per heavy atom. The number of carbonyl (C=O) groups excluding carboxylic acids is 1. The van der Waals surface area contributed by atoms with E-state index in [1.807, 2.05) is 11.9 Å². The summed E-state index contributed by atoms with van der Waals surface area (Å²) < 4.78 is 0. The largest absolute Gasteiger partial charge is 0.382 e. The topological polar surface area (TPSA) is 75.0 Å². The molecular weight excluding hydrogens is 252 g/mol. The number of amides is 1.